The maximum atomic E-state index is 13.6. The molecule has 0 aliphatic carbocycles. The molecular weight excluding hydrogens is 630 g/mol. The van der Waals surface area contributed by atoms with Gasteiger partial charge in [0.25, 0.3) is 0 Å². The number of hydrogen-bond donors (Lipinski definition) is 0. The molecule has 3 heterocycles. The molecule has 0 N–H and O–H groups in total. The van der Waals surface area contributed by atoms with Gasteiger partial charge in [0, 0.05) is 50.0 Å². The van der Waals surface area contributed by atoms with Crippen molar-refractivity contribution in [2.24, 2.45) is 0 Å². The second-order valence-electron chi connectivity index (χ2n) is 11.9. The summed E-state index contributed by atoms with van der Waals surface area (Å²) in [7, 11) is 0. The zero-order chi connectivity index (χ0) is 35.0. The van der Waals surface area contributed by atoms with E-state index >= 15 is 0 Å². The molecule has 0 aliphatic rings. The van der Waals surface area contributed by atoms with E-state index in [0.717, 1.165) is 27.8 Å². The summed E-state index contributed by atoms with van der Waals surface area (Å²) in [5.41, 5.74) is 6.80. The van der Waals surface area contributed by atoms with E-state index in [4.69, 9.17) is 14.2 Å². The minimum Gasteiger partial charge on any atom is -0.423 e. The Labute approximate surface area is 289 Å². The molecule has 248 valence electrons. The van der Waals surface area contributed by atoms with Crippen molar-refractivity contribution in [1.29, 1.82) is 0 Å². The van der Waals surface area contributed by atoms with Gasteiger partial charge >= 0.3 is 17.9 Å². The van der Waals surface area contributed by atoms with E-state index in [1.54, 1.807) is 48.5 Å². The molecule has 0 unspecified atom stereocenters. The normalized spacial score (nSPS) is 10.7. The van der Waals surface area contributed by atoms with Crippen LogP contribution in [0.2, 0.25) is 0 Å². The van der Waals surface area contributed by atoms with Crippen LogP contribution in [0.15, 0.2) is 122 Å². The average Bonchev–Trinajstić information content (AvgIpc) is 3.13. The SMILES string of the molecule is Cc1ccc(OC(=O)c2ccncc2)c(Cc2cc(C)cc(Cc3cc(C)ccc3OC(=O)c3ccncc3)c2OC(=O)c2ccncc2)c1. The quantitative estimate of drug-likeness (QED) is 0.108. The number of hydrogen-bond acceptors (Lipinski definition) is 9. The number of rotatable bonds is 10. The van der Waals surface area contributed by atoms with Gasteiger partial charge in [0.15, 0.2) is 0 Å². The van der Waals surface area contributed by atoms with Crippen molar-refractivity contribution in [2.75, 3.05) is 0 Å². The van der Waals surface area contributed by atoms with E-state index in [1.807, 2.05) is 57.2 Å². The van der Waals surface area contributed by atoms with Crippen LogP contribution in [0.5, 0.6) is 17.2 Å². The van der Waals surface area contributed by atoms with Gasteiger partial charge in [-0.3, -0.25) is 15.0 Å². The van der Waals surface area contributed by atoms with Gasteiger partial charge in [0.1, 0.15) is 17.2 Å². The van der Waals surface area contributed by atoms with Gasteiger partial charge in [0.05, 0.1) is 16.7 Å². The van der Waals surface area contributed by atoms with Crippen molar-refractivity contribution in [3.05, 3.63) is 178 Å². The Hall–Kier alpha value is -6.48. The van der Waals surface area contributed by atoms with E-state index in [0.29, 0.717) is 45.1 Å². The molecule has 0 fully saturated rings. The molecule has 6 aromatic rings. The highest BCUT2D eigenvalue weighted by Crippen LogP contribution is 2.35. The smallest absolute Gasteiger partial charge is 0.343 e. The van der Waals surface area contributed by atoms with Crippen LogP contribution in [-0.4, -0.2) is 32.9 Å². The molecule has 0 atom stereocenters. The summed E-state index contributed by atoms with van der Waals surface area (Å²) >= 11 is 0. The van der Waals surface area contributed by atoms with Gasteiger partial charge in [-0.25, -0.2) is 14.4 Å². The highest BCUT2D eigenvalue weighted by atomic mass is 16.5. The number of benzene rings is 3. The Balaban J connectivity index is 1.40. The van der Waals surface area contributed by atoms with Gasteiger partial charge in [-0.2, -0.15) is 0 Å². The van der Waals surface area contributed by atoms with Crippen LogP contribution >= 0.6 is 0 Å². The van der Waals surface area contributed by atoms with E-state index in [2.05, 4.69) is 15.0 Å². The largest absolute Gasteiger partial charge is 0.423 e. The fourth-order valence-corrected chi connectivity index (χ4v) is 5.56. The van der Waals surface area contributed by atoms with Crippen LogP contribution < -0.4 is 14.2 Å². The van der Waals surface area contributed by atoms with Crippen molar-refractivity contribution >= 4 is 17.9 Å². The van der Waals surface area contributed by atoms with Gasteiger partial charge in [0.2, 0.25) is 0 Å². The van der Waals surface area contributed by atoms with Crippen LogP contribution in [0, 0.1) is 20.8 Å². The molecule has 9 nitrogen and oxygen atoms in total. The second kappa shape index (κ2) is 15.2. The van der Waals surface area contributed by atoms with E-state index in [1.165, 1.54) is 37.2 Å². The molecule has 0 saturated carbocycles. The summed E-state index contributed by atoms with van der Waals surface area (Å²) in [5, 5.41) is 0. The molecule has 0 radical (unpaired) electrons. The second-order valence-corrected chi connectivity index (χ2v) is 11.9. The summed E-state index contributed by atoms with van der Waals surface area (Å²) in [4.78, 5) is 51.6. The standard InChI is InChI=1S/C41H33N3O6/c1-26-4-6-36(48-39(45)29-8-14-42-15-9-29)32(20-26)24-34-22-28(3)23-35(38(34)50-41(47)31-12-18-44-19-13-31)25-33-21-27(2)5-7-37(33)49-40(46)30-10-16-43-17-11-30/h4-23H,24-25H2,1-3H3. The van der Waals surface area contributed by atoms with Crippen molar-refractivity contribution < 1.29 is 28.6 Å². The number of aryl methyl sites for hydroxylation is 3. The molecule has 0 bridgehead atoms. The maximum absolute atomic E-state index is 13.6. The maximum Gasteiger partial charge on any atom is 0.343 e. The molecule has 50 heavy (non-hydrogen) atoms. The van der Waals surface area contributed by atoms with Crippen LogP contribution in [0.25, 0.3) is 0 Å². The summed E-state index contributed by atoms with van der Waals surface area (Å²) in [6.45, 7) is 5.87. The molecule has 6 rings (SSSR count). The third-order valence-electron chi connectivity index (χ3n) is 7.93. The van der Waals surface area contributed by atoms with E-state index in [-0.39, 0.29) is 12.8 Å². The van der Waals surface area contributed by atoms with E-state index in [9.17, 15) is 14.4 Å². The van der Waals surface area contributed by atoms with Crippen LogP contribution in [0.4, 0.5) is 0 Å². The number of pyridine rings is 3. The molecule has 0 aliphatic heterocycles. The molecule has 3 aromatic carbocycles. The van der Waals surface area contributed by atoms with Gasteiger partial charge in [-0.1, -0.05) is 53.1 Å². The highest BCUT2D eigenvalue weighted by Gasteiger charge is 2.22. The Morgan fingerprint density at radius 2 is 0.780 bits per heavy atom. The minimum absolute atomic E-state index is 0.284. The van der Waals surface area contributed by atoms with Crippen molar-refractivity contribution in [3.8, 4) is 17.2 Å². The minimum atomic E-state index is -0.555. The number of carbonyl (C=O) groups is 3. The predicted octanol–water partition coefficient (Wildman–Crippen LogP) is 7.64. The van der Waals surface area contributed by atoms with Crippen LogP contribution in [0.3, 0.4) is 0 Å². The number of ether oxygens (including phenoxy) is 3. The van der Waals surface area contributed by atoms with E-state index < -0.39 is 17.9 Å². The van der Waals surface area contributed by atoms with Crippen molar-refractivity contribution in [1.82, 2.24) is 15.0 Å². The number of aromatic nitrogens is 3. The number of nitrogens with zero attached hydrogens (tertiary/aromatic N) is 3. The summed E-state index contributed by atoms with van der Waals surface area (Å²) in [5.74, 6) is -0.453. The lowest BCUT2D eigenvalue weighted by atomic mass is 9.93. The topological polar surface area (TPSA) is 118 Å². The summed E-state index contributed by atoms with van der Waals surface area (Å²) < 4.78 is 18.0. The first kappa shape index (κ1) is 33.4. The fraction of sp³-hybridized carbons (Fsp3) is 0.122. The first-order chi connectivity index (χ1) is 24.2. The number of esters is 3. The van der Waals surface area contributed by atoms with Gasteiger partial charge < -0.3 is 14.2 Å². The molecule has 3 aromatic heterocycles. The van der Waals surface area contributed by atoms with Crippen LogP contribution in [-0.2, 0) is 12.8 Å². The molecular formula is C41H33N3O6. The number of carbonyl (C=O) groups excluding carboxylic acids is 3. The predicted molar refractivity (Wildman–Crippen MR) is 187 cm³/mol. The molecule has 0 spiro atoms. The average molecular weight is 664 g/mol. The van der Waals surface area contributed by atoms with Crippen molar-refractivity contribution in [3.63, 3.8) is 0 Å². The molecule has 9 heteroatoms. The third kappa shape index (κ3) is 8.14. The first-order valence-corrected chi connectivity index (χ1v) is 15.9. The lowest BCUT2D eigenvalue weighted by Gasteiger charge is -2.19. The first-order valence-electron chi connectivity index (χ1n) is 15.9. The lowest BCUT2D eigenvalue weighted by Crippen LogP contribution is -2.14. The summed E-state index contributed by atoms with van der Waals surface area (Å²) in [6.07, 6.45) is 9.75. The monoisotopic (exact) mass is 663 g/mol. The summed E-state index contributed by atoms with van der Waals surface area (Å²) in [6, 6.07) is 24.6. The zero-order valence-corrected chi connectivity index (χ0v) is 27.8. The Bertz CT molecular complexity index is 2040. The van der Waals surface area contributed by atoms with Crippen molar-refractivity contribution in [2.45, 2.75) is 33.6 Å². The Morgan fingerprint density at radius 3 is 1.16 bits per heavy atom. The molecule has 0 amide bonds. The lowest BCUT2D eigenvalue weighted by molar-refractivity contribution is 0.0723. The Morgan fingerprint density at radius 1 is 0.440 bits per heavy atom. The fourth-order valence-electron chi connectivity index (χ4n) is 5.56. The highest BCUT2D eigenvalue weighted by molar-refractivity contribution is 5.92. The third-order valence-corrected chi connectivity index (χ3v) is 7.93. The Kier molecular flexibility index (Phi) is 10.1. The van der Waals surface area contributed by atoms with Gasteiger partial charge in [-0.15, -0.1) is 0 Å². The zero-order valence-electron chi connectivity index (χ0n) is 27.8. The van der Waals surface area contributed by atoms with Crippen LogP contribution in [0.1, 0.15) is 70.0 Å². The van der Waals surface area contributed by atoms with Gasteiger partial charge in [-0.05, 0) is 91.6 Å². The molecule has 0 saturated heterocycles.